The van der Waals surface area contributed by atoms with E-state index in [0.29, 0.717) is 0 Å². The molecule has 0 bridgehead atoms. The molecule has 0 fully saturated rings. The number of thiazole rings is 1. The summed E-state index contributed by atoms with van der Waals surface area (Å²) >= 11 is 7.74. The number of benzene rings is 1. The molecule has 1 aromatic carbocycles. The van der Waals surface area contributed by atoms with Gasteiger partial charge in [-0.2, -0.15) is 0 Å². The van der Waals surface area contributed by atoms with E-state index in [2.05, 4.69) is 30.2 Å². The van der Waals surface area contributed by atoms with Crippen molar-refractivity contribution in [2.45, 2.75) is 32.9 Å². The second-order valence-corrected chi connectivity index (χ2v) is 5.83. The fourth-order valence-corrected chi connectivity index (χ4v) is 2.79. The Bertz CT molecular complexity index is 510. The van der Waals surface area contributed by atoms with E-state index in [1.165, 1.54) is 10.4 Å². The largest absolute Gasteiger partial charge is 0.304 e. The topological polar surface area (TPSA) is 24.9 Å². The van der Waals surface area contributed by atoms with E-state index in [9.17, 15) is 0 Å². The quantitative estimate of drug-likeness (QED) is 0.887. The van der Waals surface area contributed by atoms with Crippen LogP contribution in [0.4, 0.5) is 0 Å². The molecule has 96 valence electrons. The van der Waals surface area contributed by atoms with Crippen molar-refractivity contribution in [3.05, 3.63) is 50.9 Å². The minimum Gasteiger partial charge on any atom is -0.304 e. The van der Waals surface area contributed by atoms with E-state index in [-0.39, 0.29) is 6.04 Å². The summed E-state index contributed by atoms with van der Waals surface area (Å²) in [6, 6.07) is 8.20. The number of rotatable bonds is 5. The average molecular weight is 281 g/mol. The summed E-state index contributed by atoms with van der Waals surface area (Å²) in [6.45, 7) is 5.10. The number of hydrogen-bond acceptors (Lipinski definition) is 3. The first-order valence-electron chi connectivity index (χ1n) is 6.11. The molecule has 0 saturated heterocycles. The first-order valence-corrected chi connectivity index (χ1v) is 7.31. The maximum atomic E-state index is 5.96. The summed E-state index contributed by atoms with van der Waals surface area (Å²) in [6.07, 6.45) is 3.02. The zero-order valence-corrected chi connectivity index (χ0v) is 12.2. The Morgan fingerprint density at radius 2 is 2.28 bits per heavy atom. The van der Waals surface area contributed by atoms with Gasteiger partial charge in [-0.25, -0.2) is 4.98 Å². The maximum Gasteiger partial charge on any atom is 0.109 e. The van der Waals surface area contributed by atoms with Gasteiger partial charge in [0.1, 0.15) is 5.01 Å². The summed E-state index contributed by atoms with van der Waals surface area (Å²) in [4.78, 5) is 5.78. The molecule has 0 aliphatic rings. The van der Waals surface area contributed by atoms with Gasteiger partial charge < -0.3 is 5.32 Å². The molecule has 0 aliphatic heterocycles. The molecule has 1 N–H and O–H groups in total. The van der Waals surface area contributed by atoms with Crippen LogP contribution >= 0.6 is 22.9 Å². The van der Waals surface area contributed by atoms with Crippen LogP contribution in [0.25, 0.3) is 0 Å². The Balaban J connectivity index is 1.93. The summed E-state index contributed by atoms with van der Waals surface area (Å²) < 4.78 is 0. The van der Waals surface area contributed by atoms with Gasteiger partial charge in [-0.05, 0) is 31.0 Å². The molecular formula is C14H17ClN2S. The van der Waals surface area contributed by atoms with E-state index in [1.807, 2.05) is 24.4 Å². The molecule has 2 aromatic rings. The van der Waals surface area contributed by atoms with E-state index in [4.69, 9.17) is 11.6 Å². The predicted octanol–water partition coefficient (Wildman–Crippen LogP) is 4.21. The molecule has 1 atom stereocenters. The second-order valence-electron chi connectivity index (χ2n) is 4.25. The maximum absolute atomic E-state index is 5.96. The first kappa shape index (κ1) is 13.5. The molecule has 1 unspecified atom stereocenters. The number of halogens is 1. The van der Waals surface area contributed by atoms with Crippen molar-refractivity contribution in [2.75, 3.05) is 0 Å². The summed E-state index contributed by atoms with van der Waals surface area (Å²) in [5.74, 6) is 0. The number of aryl methyl sites for hydroxylation is 1. The van der Waals surface area contributed by atoms with Gasteiger partial charge in [0.25, 0.3) is 0 Å². The first-order chi connectivity index (χ1) is 8.69. The standard InChI is InChI=1S/C14H17ClN2S/c1-3-13-9-17-14(18-13)10(2)16-8-11-5-4-6-12(15)7-11/h4-7,9-10,16H,3,8H2,1-2H3. The van der Waals surface area contributed by atoms with E-state index in [1.54, 1.807) is 11.3 Å². The highest BCUT2D eigenvalue weighted by atomic mass is 35.5. The van der Waals surface area contributed by atoms with Crippen LogP contribution in [0.3, 0.4) is 0 Å². The molecule has 4 heteroatoms. The minimum absolute atomic E-state index is 0.272. The van der Waals surface area contributed by atoms with Crippen LogP contribution in [0.2, 0.25) is 5.02 Å². The zero-order valence-electron chi connectivity index (χ0n) is 10.6. The lowest BCUT2D eigenvalue weighted by Crippen LogP contribution is -2.17. The van der Waals surface area contributed by atoms with Crippen LogP contribution in [0.5, 0.6) is 0 Å². The summed E-state index contributed by atoms with van der Waals surface area (Å²) in [7, 11) is 0. The lowest BCUT2D eigenvalue weighted by atomic mass is 10.2. The molecule has 0 amide bonds. The smallest absolute Gasteiger partial charge is 0.109 e. The van der Waals surface area contributed by atoms with E-state index >= 15 is 0 Å². The van der Waals surface area contributed by atoms with Gasteiger partial charge >= 0.3 is 0 Å². The van der Waals surface area contributed by atoms with Crippen molar-refractivity contribution in [2.24, 2.45) is 0 Å². The molecule has 2 rings (SSSR count). The molecular weight excluding hydrogens is 264 g/mol. The van der Waals surface area contributed by atoms with E-state index in [0.717, 1.165) is 23.0 Å². The number of nitrogens with one attached hydrogen (secondary N) is 1. The highest BCUT2D eigenvalue weighted by molar-refractivity contribution is 7.11. The van der Waals surface area contributed by atoms with Crippen LogP contribution in [-0.2, 0) is 13.0 Å². The Morgan fingerprint density at radius 1 is 1.44 bits per heavy atom. The predicted molar refractivity (Wildman–Crippen MR) is 78.2 cm³/mol. The molecule has 0 saturated carbocycles. The number of nitrogens with zero attached hydrogens (tertiary/aromatic N) is 1. The Hall–Kier alpha value is -0.900. The van der Waals surface area contributed by atoms with E-state index < -0.39 is 0 Å². The second kappa shape index (κ2) is 6.32. The monoisotopic (exact) mass is 280 g/mol. The Labute approximate surface area is 117 Å². The fourth-order valence-electron chi connectivity index (χ4n) is 1.69. The van der Waals surface area contributed by atoms with Crippen LogP contribution in [0.15, 0.2) is 30.5 Å². The van der Waals surface area contributed by atoms with Crippen molar-refractivity contribution >= 4 is 22.9 Å². The molecule has 0 aliphatic carbocycles. The normalized spacial score (nSPS) is 12.6. The highest BCUT2D eigenvalue weighted by Gasteiger charge is 2.09. The van der Waals surface area contributed by atoms with Gasteiger partial charge in [-0.3, -0.25) is 0 Å². The Kier molecular flexibility index (Phi) is 4.75. The van der Waals surface area contributed by atoms with Gasteiger partial charge in [0, 0.05) is 22.6 Å². The number of hydrogen-bond donors (Lipinski definition) is 1. The van der Waals surface area contributed by atoms with Gasteiger partial charge in [0.05, 0.1) is 6.04 Å². The van der Waals surface area contributed by atoms with Crippen molar-refractivity contribution in [1.82, 2.24) is 10.3 Å². The number of aromatic nitrogens is 1. The molecule has 2 nitrogen and oxygen atoms in total. The van der Waals surface area contributed by atoms with Crippen LogP contribution < -0.4 is 5.32 Å². The van der Waals surface area contributed by atoms with Crippen molar-refractivity contribution in [1.29, 1.82) is 0 Å². The van der Waals surface area contributed by atoms with Gasteiger partial charge in [0.15, 0.2) is 0 Å². The van der Waals surface area contributed by atoms with Gasteiger partial charge in [-0.15, -0.1) is 11.3 Å². The van der Waals surface area contributed by atoms with Gasteiger partial charge in [-0.1, -0.05) is 30.7 Å². The highest BCUT2D eigenvalue weighted by Crippen LogP contribution is 2.20. The molecule has 0 spiro atoms. The summed E-state index contributed by atoms with van der Waals surface area (Å²) in [5.41, 5.74) is 1.20. The summed E-state index contributed by atoms with van der Waals surface area (Å²) in [5, 5.41) is 5.40. The lowest BCUT2D eigenvalue weighted by Gasteiger charge is -2.11. The average Bonchev–Trinajstić information content (AvgIpc) is 2.85. The molecule has 1 aromatic heterocycles. The molecule has 18 heavy (non-hydrogen) atoms. The van der Waals surface area contributed by atoms with Crippen LogP contribution in [0, 0.1) is 0 Å². The van der Waals surface area contributed by atoms with Crippen LogP contribution in [-0.4, -0.2) is 4.98 Å². The third kappa shape index (κ3) is 3.55. The van der Waals surface area contributed by atoms with Crippen molar-refractivity contribution in [3.63, 3.8) is 0 Å². The zero-order chi connectivity index (χ0) is 13.0. The SMILES string of the molecule is CCc1cnc(C(C)NCc2cccc(Cl)c2)s1. The Morgan fingerprint density at radius 3 is 2.94 bits per heavy atom. The fraction of sp³-hybridized carbons (Fsp3) is 0.357. The molecule has 1 heterocycles. The van der Waals surface area contributed by atoms with Crippen molar-refractivity contribution in [3.8, 4) is 0 Å². The molecule has 0 radical (unpaired) electrons. The lowest BCUT2D eigenvalue weighted by molar-refractivity contribution is 0.572. The third-order valence-electron chi connectivity index (χ3n) is 2.79. The van der Waals surface area contributed by atoms with Crippen LogP contribution in [0.1, 0.15) is 35.3 Å². The minimum atomic E-state index is 0.272. The van der Waals surface area contributed by atoms with Gasteiger partial charge in [0.2, 0.25) is 0 Å². The third-order valence-corrected chi connectivity index (χ3v) is 4.35. The van der Waals surface area contributed by atoms with Crippen molar-refractivity contribution < 1.29 is 0 Å².